The van der Waals surface area contributed by atoms with E-state index in [0.717, 1.165) is 6.07 Å². The molecule has 3 rings (SSSR count). The Morgan fingerprint density at radius 3 is 2.52 bits per heavy atom. The number of fused-ring (bicyclic) bond motifs is 2. The number of benzene rings is 1. The molecule has 21 heavy (non-hydrogen) atoms. The van der Waals surface area contributed by atoms with Crippen LogP contribution in [0.15, 0.2) is 30.4 Å². The van der Waals surface area contributed by atoms with E-state index in [0.29, 0.717) is 0 Å². The highest BCUT2D eigenvalue weighted by Crippen LogP contribution is 2.39. The maximum absolute atomic E-state index is 13.1. The summed E-state index contributed by atoms with van der Waals surface area (Å²) in [6.07, 6.45) is 2.04. The normalized spacial score (nSPS) is 29.6. The summed E-state index contributed by atoms with van der Waals surface area (Å²) in [5, 5.41) is 13.6. The Bertz CT molecular complexity index is 648. The number of carbonyl (C=O) groups excluding carboxylic acids is 2. The van der Waals surface area contributed by atoms with Gasteiger partial charge in [0.05, 0.1) is 23.1 Å². The number of carboxylic acid groups (broad SMARTS) is 1. The van der Waals surface area contributed by atoms with E-state index < -0.39 is 41.7 Å². The molecule has 110 valence electrons. The highest BCUT2D eigenvalue weighted by Gasteiger charge is 2.50. The van der Waals surface area contributed by atoms with Crippen molar-refractivity contribution >= 4 is 29.2 Å². The molecule has 0 saturated carbocycles. The molecule has 5 nitrogen and oxygen atoms in total. The van der Waals surface area contributed by atoms with E-state index in [1.807, 2.05) is 0 Å². The molecular weight excluding hydrogens is 301 g/mol. The van der Waals surface area contributed by atoms with E-state index in [-0.39, 0.29) is 10.7 Å². The average molecular weight is 311 g/mol. The fourth-order valence-electron chi connectivity index (χ4n) is 2.70. The summed E-state index contributed by atoms with van der Waals surface area (Å²) in [5.41, 5.74) is 0.287. The van der Waals surface area contributed by atoms with Gasteiger partial charge in [0.15, 0.2) is 0 Å². The molecule has 7 heteroatoms. The van der Waals surface area contributed by atoms with Crippen LogP contribution >= 0.6 is 11.6 Å². The van der Waals surface area contributed by atoms with Gasteiger partial charge in [0.1, 0.15) is 5.82 Å². The van der Waals surface area contributed by atoms with E-state index in [1.54, 1.807) is 12.2 Å². The van der Waals surface area contributed by atoms with E-state index >= 15 is 0 Å². The molecule has 2 aliphatic heterocycles. The standard InChI is InChI=1S/C14H11ClFNO4/c15-7-5-6(1-2-8(7)16)17-13(18)11-9-3-4-10(21-9)12(11)14(19)20/h1-5,9-12H,(H,17,18)(H,19,20)/p-1/t9-,10+,11-,12-/m0/s1. The summed E-state index contributed by atoms with van der Waals surface area (Å²) in [7, 11) is 0. The molecule has 0 aromatic heterocycles. The van der Waals surface area contributed by atoms with Gasteiger partial charge >= 0.3 is 0 Å². The summed E-state index contributed by atoms with van der Waals surface area (Å²) in [4.78, 5) is 23.4. The molecule has 1 aromatic rings. The Hall–Kier alpha value is -1.92. The lowest BCUT2D eigenvalue weighted by molar-refractivity contribution is -0.313. The maximum atomic E-state index is 13.1. The first-order valence-corrected chi connectivity index (χ1v) is 6.66. The molecule has 1 fully saturated rings. The van der Waals surface area contributed by atoms with Crippen LogP contribution in [-0.2, 0) is 14.3 Å². The largest absolute Gasteiger partial charge is 0.550 e. The summed E-state index contributed by atoms with van der Waals surface area (Å²) >= 11 is 5.63. The molecule has 0 radical (unpaired) electrons. The summed E-state index contributed by atoms with van der Waals surface area (Å²) in [6.45, 7) is 0. The first kappa shape index (κ1) is 14.0. The molecular formula is C14H10ClFNO4-. The minimum absolute atomic E-state index is 0.131. The lowest BCUT2D eigenvalue weighted by atomic mass is 9.82. The van der Waals surface area contributed by atoms with E-state index in [1.165, 1.54) is 12.1 Å². The van der Waals surface area contributed by atoms with Crippen molar-refractivity contribution in [2.24, 2.45) is 11.8 Å². The number of nitrogens with one attached hydrogen (secondary N) is 1. The smallest absolute Gasteiger partial charge is 0.231 e. The van der Waals surface area contributed by atoms with Crippen LogP contribution in [0.3, 0.4) is 0 Å². The van der Waals surface area contributed by atoms with Crippen LogP contribution < -0.4 is 10.4 Å². The first-order chi connectivity index (χ1) is 9.97. The third-order valence-electron chi connectivity index (χ3n) is 3.66. The minimum atomic E-state index is -1.33. The second-order valence-corrected chi connectivity index (χ2v) is 5.35. The molecule has 0 spiro atoms. The quantitative estimate of drug-likeness (QED) is 0.835. The Morgan fingerprint density at radius 1 is 1.24 bits per heavy atom. The second kappa shape index (κ2) is 5.13. The van der Waals surface area contributed by atoms with Gasteiger partial charge in [-0.05, 0) is 18.2 Å². The van der Waals surface area contributed by atoms with Crippen LogP contribution in [0.4, 0.5) is 10.1 Å². The van der Waals surface area contributed by atoms with Crippen molar-refractivity contribution < 1.29 is 23.8 Å². The van der Waals surface area contributed by atoms with Crippen molar-refractivity contribution in [2.75, 3.05) is 5.32 Å². The molecule has 2 bridgehead atoms. The average Bonchev–Trinajstić information content (AvgIpc) is 3.03. The van der Waals surface area contributed by atoms with Gasteiger partial charge in [-0.1, -0.05) is 23.8 Å². The highest BCUT2D eigenvalue weighted by atomic mass is 35.5. The van der Waals surface area contributed by atoms with E-state index in [2.05, 4.69) is 5.32 Å². The number of aliphatic carboxylic acids is 1. The maximum Gasteiger partial charge on any atom is 0.231 e. The lowest BCUT2D eigenvalue weighted by Gasteiger charge is -2.25. The summed E-state index contributed by atoms with van der Waals surface area (Å²) in [5.74, 6) is -4.37. The zero-order valence-electron chi connectivity index (χ0n) is 10.6. The fraction of sp³-hybridized carbons (Fsp3) is 0.286. The number of halogens is 2. The van der Waals surface area contributed by atoms with Gasteiger partial charge in [-0.25, -0.2) is 4.39 Å². The number of amides is 1. The fourth-order valence-corrected chi connectivity index (χ4v) is 2.88. The number of hydrogen-bond donors (Lipinski definition) is 1. The van der Waals surface area contributed by atoms with Gasteiger partial charge in [0, 0.05) is 17.6 Å². The van der Waals surface area contributed by atoms with Gasteiger partial charge < -0.3 is 20.0 Å². The lowest BCUT2D eigenvalue weighted by Crippen LogP contribution is -2.45. The Kier molecular flexibility index (Phi) is 3.43. The van der Waals surface area contributed by atoms with Gasteiger partial charge in [-0.15, -0.1) is 0 Å². The van der Waals surface area contributed by atoms with Crippen LogP contribution in [0.2, 0.25) is 5.02 Å². The molecule has 1 N–H and O–H groups in total. The monoisotopic (exact) mass is 310 g/mol. The number of hydrogen-bond acceptors (Lipinski definition) is 4. The summed E-state index contributed by atoms with van der Waals surface area (Å²) < 4.78 is 18.4. The van der Waals surface area contributed by atoms with Crippen molar-refractivity contribution in [3.05, 3.63) is 41.2 Å². The van der Waals surface area contributed by atoms with Crippen LogP contribution in [0.5, 0.6) is 0 Å². The molecule has 0 unspecified atom stereocenters. The molecule has 0 aliphatic carbocycles. The highest BCUT2D eigenvalue weighted by molar-refractivity contribution is 6.31. The first-order valence-electron chi connectivity index (χ1n) is 6.28. The number of ether oxygens (including phenoxy) is 1. The van der Waals surface area contributed by atoms with E-state index in [9.17, 15) is 19.1 Å². The number of rotatable bonds is 3. The third-order valence-corrected chi connectivity index (χ3v) is 3.95. The van der Waals surface area contributed by atoms with Crippen molar-refractivity contribution in [1.29, 1.82) is 0 Å². The predicted molar refractivity (Wildman–Crippen MR) is 69.8 cm³/mol. The predicted octanol–water partition coefficient (Wildman–Crippen LogP) is 0.737. The molecule has 2 heterocycles. The molecule has 1 aromatic carbocycles. The van der Waals surface area contributed by atoms with Gasteiger partial charge in [0.25, 0.3) is 0 Å². The summed E-state index contributed by atoms with van der Waals surface area (Å²) in [6, 6.07) is 3.72. The SMILES string of the molecule is O=C(Nc1ccc(F)c(Cl)c1)[C@@H]1[C@@H](C(=O)[O-])[C@H]2C=C[C@@H]1O2. The van der Waals surface area contributed by atoms with Crippen LogP contribution in [-0.4, -0.2) is 24.1 Å². The third kappa shape index (κ3) is 2.41. The van der Waals surface area contributed by atoms with Crippen molar-refractivity contribution in [3.8, 4) is 0 Å². The number of carbonyl (C=O) groups is 2. The van der Waals surface area contributed by atoms with Crippen molar-refractivity contribution in [1.82, 2.24) is 0 Å². The topological polar surface area (TPSA) is 78.5 Å². The van der Waals surface area contributed by atoms with E-state index in [4.69, 9.17) is 16.3 Å². The minimum Gasteiger partial charge on any atom is -0.550 e. The second-order valence-electron chi connectivity index (χ2n) is 4.94. The zero-order valence-corrected chi connectivity index (χ0v) is 11.3. The van der Waals surface area contributed by atoms with Crippen LogP contribution in [0.1, 0.15) is 0 Å². The van der Waals surface area contributed by atoms with Crippen LogP contribution in [0, 0.1) is 17.7 Å². The van der Waals surface area contributed by atoms with Gasteiger partial charge in [-0.2, -0.15) is 0 Å². The Labute approximate surface area is 124 Å². The molecule has 2 aliphatic rings. The van der Waals surface area contributed by atoms with Gasteiger partial charge in [-0.3, -0.25) is 4.79 Å². The molecule has 1 amide bonds. The zero-order chi connectivity index (χ0) is 15.1. The Morgan fingerprint density at radius 2 is 1.90 bits per heavy atom. The number of anilines is 1. The molecule has 4 atom stereocenters. The van der Waals surface area contributed by atoms with Crippen molar-refractivity contribution in [3.63, 3.8) is 0 Å². The number of carboxylic acids is 1. The van der Waals surface area contributed by atoms with Crippen molar-refractivity contribution in [2.45, 2.75) is 12.2 Å². The Balaban J connectivity index is 1.80. The van der Waals surface area contributed by atoms with Gasteiger partial charge in [0.2, 0.25) is 5.91 Å². The van der Waals surface area contributed by atoms with Crippen LogP contribution in [0.25, 0.3) is 0 Å². The molecule has 1 saturated heterocycles.